The van der Waals surface area contributed by atoms with Crippen LogP contribution in [0.1, 0.15) is 38.7 Å². The van der Waals surface area contributed by atoms with E-state index >= 15 is 0 Å². The highest BCUT2D eigenvalue weighted by Crippen LogP contribution is 2.21. The molecule has 1 heterocycles. The van der Waals surface area contributed by atoms with Gasteiger partial charge in [0, 0.05) is 19.7 Å². The standard InChI is InChI=1S/C19H28N2O3/c1-19(2,10-12-22)14-20-18(24)16-9-6-11-21(16)17(23)13-15-7-4-3-5-8-15/h3-5,7-8,16,22H,6,9-14H2,1-2H3,(H,20,24). The summed E-state index contributed by atoms with van der Waals surface area (Å²) < 4.78 is 0. The van der Waals surface area contributed by atoms with Crippen LogP contribution in [0.25, 0.3) is 0 Å². The van der Waals surface area contributed by atoms with Crippen molar-refractivity contribution in [1.82, 2.24) is 10.2 Å². The largest absolute Gasteiger partial charge is 0.396 e. The molecule has 1 fully saturated rings. The first-order valence-corrected chi connectivity index (χ1v) is 8.65. The molecule has 5 nitrogen and oxygen atoms in total. The zero-order valence-corrected chi connectivity index (χ0v) is 14.6. The summed E-state index contributed by atoms with van der Waals surface area (Å²) in [6.45, 7) is 5.27. The highest BCUT2D eigenvalue weighted by atomic mass is 16.3. The molecule has 0 aliphatic carbocycles. The number of carbonyl (C=O) groups excluding carboxylic acids is 2. The molecule has 0 radical (unpaired) electrons. The average molecular weight is 332 g/mol. The van der Waals surface area contributed by atoms with Gasteiger partial charge in [0.15, 0.2) is 0 Å². The molecule has 132 valence electrons. The lowest BCUT2D eigenvalue weighted by atomic mass is 9.89. The zero-order valence-electron chi connectivity index (χ0n) is 14.6. The maximum Gasteiger partial charge on any atom is 0.242 e. The smallest absolute Gasteiger partial charge is 0.242 e. The number of likely N-dealkylation sites (tertiary alicyclic amines) is 1. The number of nitrogens with zero attached hydrogens (tertiary/aromatic N) is 1. The summed E-state index contributed by atoms with van der Waals surface area (Å²) in [5.41, 5.74) is 0.819. The monoisotopic (exact) mass is 332 g/mol. The first-order chi connectivity index (χ1) is 11.4. The molecule has 24 heavy (non-hydrogen) atoms. The molecule has 1 aromatic carbocycles. The topological polar surface area (TPSA) is 69.6 Å². The van der Waals surface area contributed by atoms with Crippen molar-refractivity contribution < 1.29 is 14.7 Å². The van der Waals surface area contributed by atoms with E-state index in [2.05, 4.69) is 5.32 Å². The van der Waals surface area contributed by atoms with Gasteiger partial charge >= 0.3 is 0 Å². The molecule has 0 saturated carbocycles. The third kappa shape index (κ3) is 5.06. The number of carbonyl (C=O) groups is 2. The van der Waals surface area contributed by atoms with Crippen LogP contribution in [0.3, 0.4) is 0 Å². The van der Waals surface area contributed by atoms with Crippen molar-refractivity contribution in [3.05, 3.63) is 35.9 Å². The lowest BCUT2D eigenvalue weighted by Crippen LogP contribution is -2.48. The summed E-state index contributed by atoms with van der Waals surface area (Å²) in [5.74, 6) is -0.0756. The fourth-order valence-electron chi connectivity index (χ4n) is 3.05. The number of rotatable bonds is 7. The molecule has 2 rings (SSSR count). The van der Waals surface area contributed by atoms with E-state index in [-0.39, 0.29) is 29.9 Å². The summed E-state index contributed by atoms with van der Waals surface area (Å²) >= 11 is 0. The minimum atomic E-state index is -0.369. The van der Waals surface area contributed by atoms with Crippen LogP contribution in [-0.4, -0.2) is 47.6 Å². The molecule has 1 aromatic rings. The van der Waals surface area contributed by atoms with Gasteiger partial charge in [-0.15, -0.1) is 0 Å². The minimum Gasteiger partial charge on any atom is -0.396 e. The molecule has 1 saturated heterocycles. The van der Waals surface area contributed by atoms with E-state index in [1.165, 1.54) is 0 Å². The summed E-state index contributed by atoms with van der Waals surface area (Å²) in [6, 6.07) is 9.25. The Bertz CT molecular complexity index is 557. The van der Waals surface area contributed by atoms with E-state index in [0.717, 1.165) is 12.0 Å². The van der Waals surface area contributed by atoms with Crippen LogP contribution in [0, 0.1) is 5.41 Å². The van der Waals surface area contributed by atoms with E-state index < -0.39 is 0 Å². The van der Waals surface area contributed by atoms with Crippen LogP contribution in [0.2, 0.25) is 0 Å². The van der Waals surface area contributed by atoms with Crippen molar-refractivity contribution in [3.63, 3.8) is 0 Å². The Morgan fingerprint density at radius 2 is 2.00 bits per heavy atom. The van der Waals surface area contributed by atoms with Crippen molar-refractivity contribution in [2.75, 3.05) is 19.7 Å². The molecule has 5 heteroatoms. The minimum absolute atomic E-state index is 0.00784. The van der Waals surface area contributed by atoms with E-state index in [1.807, 2.05) is 44.2 Å². The van der Waals surface area contributed by atoms with E-state index in [0.29, 0.717) is 32.4 Å². The number of aliphatic hydroxyl groups excluding tert-OH is 1. The predicted molar refractivity (Wildman–Crippen MR) is 93.4 cm³/mol. The molecule has 0 aromatic heterocycles. The lowest BCUT2D eigenvalue weighted by molar-refractivity contribution is -0.138. The second-order valence-corrected chi connectivity index (χ2v) is 7.26. The van der Waals surface area contributed by atoms with Crippen molar-refractivity contribution >= 4 is 11.8 Å². The van der Waals surface area contributed by atoms with Gasteiger partial charge in [-0.1, -0.05) is 44.2 Å². The Kier molecular flexibility index (Phi) is 6.37. The zero-order chi connectivity index (χ0) is 17.6. The summed E-state index contributed by atoms with van der Waals surface area (Å²) in [4.78, 5) is 26.8. The molecular formula is C19H28N2O3. The van der Waals surface area contributed by atoms with Gasteiger partial charge in [0.05, 0.1) is 6.42 Å². The highest BCUT2D eigenvalue weighted by molar-refractivity contribution is 5.89. The summed E-state index contributed by atoms with van der Waals surface area (Å²) in [5, 5.41) is 12.0. The second-order valence-electron chi connectivity index (χ2n) is 7.26. The van der Waals surface area contributed by atoms with E-state index in [1.54, 1.807) is 4.90 Å². The molecule has 1 atom stereocenters. The first-order valence-electron chi connectivity index (χ1n) is 8.65. The Morgan fingerprint density at radius 1 is 1.29 bits per heavy atom. The molecule has 2 N–H and O–H groups in total. The Morgan fingerprint density at radius 3 is 2.67 bits per heavy atom. The van der Waals surface area contributed by atoms with Gasteiger partial charge in [-0.25, -0.2) is 0 Å². The van der Waals surface area contributed by atoms with Crippen LogP contribution in [0.5, 0.6) is 0 Å². The van der Waals surface area contributed by atoms with Crippen LogP contribution in [0.4, 0.5) is 0 Å². The normalized spacial score (nSPS) is 17.8. The Labute approximate surface area is 144 Å². The Hall–Kier alpha value is -1.88. The van der Waals surface area contributed by atoms with Gasteiger partial charge in [-0.3, -0.25) is 9.59 Å². The number of hydrogen-bond donors (Lipinski definition) is 2. The number of hydrogen-bond acceptors (Lipinski definition) is 3. The number of amides is 2. The third-order valence-electron chi connectivity index (χ3n) is 4.60. The van der Waals surface area contributed by atoms with Gasteiger partial charge in [0.2, 0.25) is 11.8 Å². The molecule has 2 amide bonds. The molecular weight excluding hydrogens is 304 g/mol. The van der Waals surface area contributed by atoms with Crippen molar-refractivity contribution in [2.24, 2.45) is 5.41 Å². The Balaban J connectivity index is 1.92. The maximum absolute atomic E-state index is 12.5. The SMILES string of the molecule is CC(C)(CCO)CNC(=O)C1CCCN1C(=O)Cc1ccccc1. The molecule has 0 bridgehead atoms. The van der Waals surface area contributed by atoms with E-state index in [9.17, 15) is 9.59 Å². The summed E-state index contributed by atoms with van der Waals surface area (Å²) in [7, 11) is 0. The molecule has 0 spiro atoms. The fraction of sp³-hybridized carbons (Fsp3) is 0.579. The predicted octanol–water partition coefficient (Wildman–Crippen LogP) is 1.74. The number of aliphatic hydroxyl groups is 1. The van der Waals surface area contributed by atoms with Gasteiger partial charge in [-0.2, -0.15) is 0 Å². The molecule has 1 unspecified atom stereocenters. The van der Waals surface area contributed by atoms with Gasteiger partial charge in [0.25, 0.3) is 0 Å². The second kappa shape index (κ2) is 8.29. The lowest BCUT2D eigenvalue weighted by Gasteiger charge is -2.28. The van der Waals surface area contributed by atoms with E-state index in [4.69, 9.17) is 5.11 Å². The first kappa shape index (κ1) is 18.5. The molecule has 1 aliphatic heterocycles. The van der Waals surface area contributed by atoms with Gasteiger partial charge < -0.3 is 15.3 Å². The van der Waals surface area contributed by atoms with Crippen LogP contribution < -0.4 is 5.32 Å². The average Bonchev–Trinajstić information content (AvgIpc) is 3.03. The fourth-order valence-corrected chi connectivity index (χ4v) is 3.05. The molecule has 1 aliphatic rings. The third-order valence-corrected chi connectivity index (χ3v) is 4.60. The quantitative estimate of drug-likeness (QED) is 0.799. The van der Waals surface area contributed by atoms with Crippen LogP contribution in [-0.2, 0) is 16.0 Å². The summed E-state index contributed by atoms with van der Waals surface area (Å²) in [6.07, 6.45) is 2.54. The number of benzene rings is 1. The van der Waals surface area contributed by atoms with Gasteiger partial charge in [0.1, 0.15) is 6.04 Å². The van der Waals surface area contributed by atoms with Crippen molar-refractivity contribution in [1.29, 1.82) is 0 Å². The van der Waals surface area contributed by atoms with Crippen molar-refractivity contribution in [3.8, 4) is 0 Å². The number of nitrogens with one attached hydrogen (secondary N) is 1. The highest BCUT2D eigenvalue weighted by Gasteiger charge is 2.34. The van der Waals surface area contributed by atoms with Gasteiger partial charge in [-0.05, 0) is 30.2 Å². The van der Waals surface area contributed by atoms with Crippen LogP contribution >= 0.6 is 0 Å². The van der Waals surface area contributed by atoms with Crippen LogP contribution in [0.15, 0.2) is 30.3 Å². The maximum atomic E-state index is 12.5. The van der Waals surface area contributed by atoms with Crippen molar-refractivity contribution in [2.45, 2.75) is 45.6 Å².